The second-order valence-corrected chi connectivity index (χ2v) is 6.74. The van der Waals surface area contributed by atoms with Gasteiger partial charge in [0.15, 0.2) is 0 Å². The second-order valence-electron chi connectivity index (χ2n) is 6.74. The van der Waals surface area contributed by atoms with E-state index in [9.17, 15) is 5.11 Å². The van der Waals surface area contributed by atoms with Crippen LogP contribution in [0.25, 0.3) is 0 Å². The zero-order chi connectivity index (χ0) is 17.0. The van der Waals surface area contributed by atoms with Crippen LogP contribution in [-0.2, 0) is 12.8 Å². The first-order valence-corrected chi connectivity index (χ1v) is 9.24. The van der Waals surface area contributed by atoms with Gasteiger partial charge in [0.1, 0.15) is 0 Å². The lowest BCUT2D eigenvalue weighted by molar-refractivity contribution is 0.0164. The fraction of sp³-hybridized carbons (Fsp3) is 0.700. The molecule has 0 bridgehead atoms. The molecule has 0 aliphatic carbocycles. The average Bonchev–Trinajstić information content (AvgIpc) is 2.57. The van der Waals surface area contributed by atoms with E-state index in [1.807, 2.05) is 0 Å². The third-order valence-corrected chi connectivity index (χ3v) is 4.68. The molecule has 1 aromatic carbocycles. The van der Waals surface area contributed by atoms with Crippen LogP contribution >= 0.6 is 0 Å². The quantitative estimate of drug-likeness (QED) is 0.486. The minimum atomic E-state index is -0.939. The molecule has 0 fully saturated rings. The lowest BCUT2D eigenvalue weighted by Gasteiger charge is -2.25. The van der Waals surface area contributed by atoms with Gasteiger partial charge in [-0.3, -0.25) is 0 Å². The predicted molar refractivity (Wildman–Crippen MR) is 97.6 cm³/mol. The minimum Gasteiger partial charge on any atom is -0.396 e. The molecule has 0 saturated carbocycles. The molecule has 0 radical (unpaired) electrons. The van der Waals surface area contributed by atoms with Gasteiger partial charge in [-0.05, 0) is 36.8 Å². The van der Waals surface area contributed by atoms with Crippen molar-refractivity contribution in [3.05, 3.63) is 35.4 Å². The number of unbranched alkanes of at least 4 members (excludes halogenated alkanes) is 5. The van der Waals surface area contributed by atoms with Gasteiger partial charge in [-0.15, -0.1) is 0 Å². The summed E-state index contributed by atoms with van der Waals surface area (Å²) in [6, 6.07) is 8.72. The minimum absolute atomic E-state index is 0.0229. The highest BCUT2D eigenvalue weighted by atomic mass is 16.3. The highest BCUT2D eigenvalue weighted by Crippen LogP contribution is 2.18. The summed E-state index contributed by atoms with van der Waals surface area (Å²) in [6.07, 6.45) is 10.9. The Morgan fingerprint density at radius 1 is 0.870 bits per heavy atom. The Bertz CT molecular complexity index is 405. The first kappa shape index (κ1) is 20.1. The Morgan fingerprint density at radius 3 is 2.00 bits per heavy atom. The number of aryl methyl sites for hydroxylation is 2. The van der Waals surface area contributed by atoms with Gasteiger partial charge in [0.05, 0.1) is 5.60 Å². The molecule has 3 nitrogen and oxygen atoms in total. The second kappa shape index (κ2) is 11.6. The van der Waals surface area contributed by atoms with Crippen LogP contribution in [-0.4, -0.2) is 29.0 Å². The molecule has 0 spiro atoms. The van der Waals surface area contributed by atoms with Gasteiger partial charge >= 0.3 is 0 Å². The largest absolute Gasteiger partial charge is 0.396 e. The molecule has 0 aromatic heterocycles. The standard InChI is InChI=1S/C20H35NO2/c1-2-3-4-5-6-7-8-18-9-11-19(12-10-18)13-14-20(23,17-21)15-16-22/h9-12,22-23H,2-8,13-17,21H2,1H3/t20-/m0/s1. The maximum absolute atomic E-state index is 10.3. The maximum Gasteiger partial charge on any atom is 0.0794 e. The molecule has 1 atom stereocenters. The van der Waals surface area contributed by atoms with Crippen LogP contribution in [0, 0.1) is 0 Å². The Balaban J connectivity index is 2.30. The van der Waals surface area contributed by atoms with Crippen molar-refractivity contribution >= 4 is 0 Å². The molecule has 1 rings (SSSR count). The monoisotopic (exact) mass is 321 g/mol. The molecule has 1 aromatic rings. The summed E-state index contributed by atoms with van der Waals surface area (Å²) in [6.45, 7) is 2.42. The summed E-state index contributed by atoms with van der Waals surface area (Å²) < 4.78 is 0. The third kappa shape index (κ3) is 8.50. The first-order valence-electron chi connectivity index (χ1n) is 9.24. The summed E-state index contributed by atoms with van der Waals surface area (Å²) in [5.41, 5.74) is 7.30. The molecular formula is C20H35NO2. The number of aliphatic hydroxyl groups is 2. The smallest absolute Gasteiger partial charge is 0.0794 e. The molecule has 0 heterocycles. The van der Waals surface area contributed by atoms with Crippen molar-refractivity contribution in [3.8, 4) is 0 Å². The van der Waals surface area contributed by atoms with E-state index in [1.54, 1.807) is 0 Å². The Morgan fingerprint density at radius 2 is 1.43 bits per heavy atom. The molecule has 0 saturated heterocycles. The van der Waals surface area contributed by atoms with E-state index < -0.39 is 5.60 Å². The molecule has 0 aliphatic heterocycles. The molecule has 0 aliphatic rings. The van der Waals surface area contributed by atoms with Crippen LogP contribution in [0.4, 0.5) is 0 Å². The lowest BCUT2D eigenvalue weighted by Crippen LogP contribution is -2.39. The van der Waals surface area contributed by atoms with Crippen LogP contribution in [0.5, 0.6) is 0 Å². The van der Waals surface area contributed by atoms with Crippen LogP contribution in [0.1, 0.15) is 69.4 Å². The topological polar surface area (TPSA) is 66.5 Å². The van der Waals surface area contributed by atoms with E-state index in [4.69, 9.17) is 10.8 Å². The number of hydrogen-bond acceptors (Lipinski definition) is 3. The van der Waals surface area contributed by atoms with Gasteiger partial charge < -0.3 is 15.9 Å². The van der Waals surface area contributed by atoms with Crippen molar-refractivity contribution in [1.82, 2.24) is 0 Å². The first-order chi connectivity index (χ1) is 11.1. The molecule has 0 unspecified atom stereocenters. The summed E-state index contributed by atoms with van der Waals surface area (Å²) in [5.74, 6) is 0. The zero-order valence-electron chi connectivity index (χ0n) is 14.8. The van der Waals surface area contributed by atoms with Crippen molar-refractivity contribution in [2.75, 3.05) is 13.2 Å². The van der Waals surface area contributed by atoms with Crippen molar-refractivity contribution in [3.63, 3.8) is 0 Å². The van der Waals surface area contributed by atoms with Crippen LogP contribution in [0.3, 0.4) is 0 Å². The number of benzene rings is 1. The van der Waals surface area contributed by atoms with E-state index in [0.29, 0.717) is 12.8 Å². The molecular weight excluding hydrogens is 286 g/mol. The fourth-order valence-corrected chi connectivity index (χ4v) is 2.90. The summed E-state index contributed by atoms with van der Waals surface area (Å²) >= 11 is 0. The molecule has 4 N–H and O–H groups in total. The zero-order valence-corrected chi connectivity index (χ0v) is 14.8. The molecule has 23 heavy (non-hydrogen) atoms. The van der Waals surface area contributed by atoms with Crippen molar-refractivity contribution in [1.29, 1.82) is 0 Å². The number of nitrogens with two attached hydrogens (primary N) is 1. The number of aliphatic hydroxyl groups excluding tert-OH is 1. The van der Waals surface area contributed by atoms with Gasteiger partial charge in [-0.25, -0.2) is 0 Å². The predicted octanol–water partition coefficient (Wildman–Crippen LogP) is 3.59. The highest BCUT2D eigenvalue weighted by Gasteiger charge is 2.23. The van der Waals surface area contributed by atoms with Crippen LogP contribution < -0.4 is 5.73 Å². The lowest BCUT2D eigenvalue weighted by atomic mass is 9.91. The van der Waals surface area contributed by atoms with E-state index in [-0.39, 0.29) is 13.2 Å². The molecule has 132 valence electrons. The van der Waals surface area contributed by atoms with Gasteiger partial charge in [0.2, 0.25) is 0 Å². The average molecular weight is 322 g/mol. The number of rotatable bonds is 13. The third-order valence-electron chi connectivity index (χ3n) is 4.68. The van der Waals surface area contributed by atoms with E-state index >= 15 is 0 Å². The van der Waals surface area contributed by atoms with Crippen molar-refractivity contribution < 1.29 is 10.2 Å². The summed E-state index contributed by atoms with van der Waals surface area (Å²) in [5, 5.41) is 19.3. The van der Waals surface area contributed by atoms with Crippen molar-refractivity contribution in [2.45, 2.75) is 76.7 Å². The van der Waals surface area contributed by atoms with Crippen LogP contribution in [0.15, 0.2) is 24.3 Å². The highest BCUT2D eigenvalue weighted by molar-refractivity contribution is 5.23. The van der Waals surface area contributed by atoms with Gasteiger partial charge in [-0.2, -0.15) is 0 Å². The SMILES string of the molecule is CCCCCCCCc1ccc(CC[C@@](O)(CN)CCO)cc1. The maximum atomic E-state index is 10.3. The van der Waals surface area contributed by atoms with Gasteiger partial charge in [0, 0.05) is 19.6 Å². The van der Waals surface area contributed by atoms with E-state index in [1.165, 1.54) is 49.7 Å². The summed E-state index contributed by atoms with van der Waals surface area (Å²) in [4.78, 5) is 0. The van der Waals surface area contributed by atoms with Gasteiger partial charge in [0.25, 0.3) is 0 Å². The van der Waals surface area contributed by atoms with Crippen LogP contribution in [0.2, 0.25) is 0 Å². The number of hydrogen-bond donors (Lipinski definition) is 3. The summed E-state index contributed by atoms with van der Waals surface area (Å²) in [7, 11) is 0. The Labute approximate surface area is 141 Å². The Kier molecular flexibility index (Phi) is 10.2. The van der Waals surface area contributed by atoms with Crippen molar-refractivity contribution in [2.24, 2.45) is 5.73 Å². The molecule has 0 amide bonds. The Hall–Kier alpha value is -0.900. The fourth-order valence-electron chi connectivity index (χ4n) is 2.90. The molecule has 3 heteroatoms. The van der Waals surface area contributed by atoms with Gasteiger partial charge in [-0.1, -0.05) is 63.3 Å². The normalized spacial score (nSPS) is 13.9. The van der Waals surface area contributed by atoms with E-state index in [2.05, 4.69) is 31.2 Å². The van der Waals surface area contributed by atoms with E-state index in [0.717, 1.165) is 12.8 Å².